The normalized spacial score (nSPS) is 16.4. The summed E-state index contributed by atoms with van der Waals surface area (Å²) in [5.74, 6) is 0.911. The third kappa shape index (κ3) is 4.56. The number of fused-ring (bicyclic) bond motifs is 1. The Labute approximate surface area is 183 Å². The Kier molecular flexibility index (Phi) is 6.51. The van der Waals surface area contributed by atoms with Gasteiger partial charge in [-0.3, -0.25) is 14.3 Å². The maximum absolute atomic E-state index is 12.7. The lowest BCUT2D eigenvalue weighted by atomic mass is 10.0. The summed E-state index contributed by atoms with van der Waals surface area (Å²) in [4.78, 5) is 17.1. The number of rotatable bonds is 8. The van der Waals surface area contributed by atoms with Crippen LogP contribution in [0.3, 0.4) is 0 Å². The number of aromatic hydroxyl groups is 2. The number of Topliss-reactive ketones (excluding diaryl/α,β-unsaturated/α-hetero) is 1. The van der Waals surface area contributed by atoms with Gasteiger partial charge in [-0.2, -0.15) is 0 Å². The van der Waals surface area contributed by atoms with Gasteiger partial charge in [0, 0.05) is 37.3 Å². The van der Waals surface area contributed by atoms with E-state index in [1.165, 1.54) is 4.57 Å². The molecule has 0 bridgehead atoms. The van der Waals surface area contributed by atoms with Crippen LogP contribution in [0, 0.1) is 0 Å². The maximum Gasteiger partial charge on any atom is 0.198 e. The molecule has 1 aliphatic heterocycles. The van der Waals surface area contributed by atoms with E-state index in [9.17, 15) is 15.0 Å². The van der Waals surface area contributed by atoms with E-state index in [2.05, 4.69) is 22.8 Å². The van der Waals surface area contributed by atoms with Gasteiger partial charge >= 0.3 is 0 Å². The van der Waals surface area contributed by atoms with Crippen molar-refractivity contribution in [2.45, 2.75) is 32.7 Å². The molecule has 7 nitrogen and oxygen atoms in total. The zero-order valence-corrected chi connectivity index (χ0v) is 18.1. The van der Waals surface area contributed by atoms with Crippen LogP contribution in [0.1, 0.15) is 24.5 Å². The van der Waals surface area contributed by atoms with Crippen LogP contribution in [-0.4, -0.2) is 64.8 Å². The van der Waals surface area contributed by atoms with Crippen molar-refractivity contribution in [1.29, 1.82) is 0 Å². The number of allylic oxidation sites excluding steroid dienone is 2. The molecule has 2 heterocycles. The molecule has 0 saturated carbocycles. The molecule has 2 aliphatic rings. The Morgan fingerprint density at radius 2 is 1.61 bits per heavy atom. The van der Waals surface area contributed by atoms with Crippen LogP contribution >= 0.6 is 0 Å². The minimum Gasteiger partial charge on any atom is -0.494 e. The Morgan fingerprint density at radius 1 is 0.968 bits per heavy atom. The maximum atomic E-state index is 12.7. The van der Waals surface area contributed by atoms with Crippen molar-refractivity contribution in [1.82, 2.24) is 9.47 Å². The van der Waals surface area contributed by atoms with E-state index in [4.69, 9.17) is 4.74 Å². The lowest BCUT2D eigenvalue weighted by Gasteiger charge is -2.36. The number of nitrogens with zero attached hydrogens (tertiary/aromatic N) is 3. The standard InChI is InChI=1S/C24H31N3O4/c1-2-15-31-22-10-6-5-9-21(22)26-13-11-25(12-14-26)16-18(28)17-27-23(29)19-7-3-4-8-20(19)24(27)30/h3-6,9-10,29-30H,2,7-8,11-17H2,1H3. The second kappa shape index (κ2) is 9.47. The molecule has 2 aromatic rings. The molecular formula is C24H31N3O4. The molecular weight excluding hydrogens is 394 g/mol. The molecule has 1 aromatic carbocycles. The molecule has 4 rings (SSSR count). The van der Waals surface area contributed by atoms with Crippen molar-refractivity contribution in [3.05, 3.63) is 47.5 Å². The number of carbonyl (C=O) groups is 1. The van der Waals surface area contributed by atoms with Gasteiger partial charge in [-0.1, -0.05) is 31.2 Å². The van der Waals surface area contributed by atoms with Crippen LogP contribution in [0.25, 0.3) is 0 Å². The Bertz CT molecular complexity index is 926. The van der Waals surface area contributed by atoms with Gasteiger partial charge in [0.15, 0.2) is 17.5 Å². The van der Waals surface area contributed by atoms with Crippen molar-refractivity contribution in [3.63, 3.8) is 0 Å². The molecule has 1 saturated heterocycles. The van der Waals surface area contributed by atoms with E-state index in [1.807, 2.05) is 30.4 Å². The van der Waals surface area contributed by atoms with E-state index in [0.717, 1.165) is 55.2 Å². The summed E-state index contributed by atoms with van der Waals surface area (Å²) in [6, 6.07) is 8.10. The lowest BCUT2D eigenvalue weighted by molar-refractivity contribution is -0.121. The predicted molar refractivity (Wildman–Crippen MR) is 120 cm³/mol. The van der Waals surface area contributed by atoms with E-state index >= 15 is 0 Å². The minimum atomic E-state index is -0.0222. The molecule has 0 atom stereocenters. The lowest BCUT2D eigenvalue weighted by Crippen LogP contribution is -2.48. The fraction of sp³-hybridized carbons (Fsp3) is 0.458. The third-order valence-electron chi connectivity index (χ3n) is 6.00. The molecule has 1 aliphatic carbocycles. The molecule has 0 radical (unpaired) electrons. The quantitative estimate of drug-likeness (QED) is 0.634. The van der Waals surface area contributed by atoms with Gasteiger partial charge in [-0.15, -0.1) is 0 Å². The molecule has 166 valence electrons. The van der Waals surface area contributed by atoms with Gasteiger partial charge in [0.1, 0.15) is 5.75 Å². The second-order valence-electron chi connectivity index (χ2n) is 8.19. The average Bonchev–Trinajstić information content (AvgIpc) is 3.03. The highest BCUT2D eigenvalue weighted by atomic mass is 16.5. The summed E-state index contributed by atoms with van der Waals surface area (Å²) in [5.41, 5.74) is 2.55. The summed E-state index contributed by atoms with van der Waals surface area (Å²) in [5, 5.41) is 20.9. The highest BCUT2D eigenvalue weighted by molar-refractivity contribution is 5.81. The van der Waals surface area contributed by atoms with Gasteiger partial charge in [0.2, 0.25) is 0 Å². The van der Waals surface area contributed by atoms with Crippen LogP contribution in [0.4, 0.5) is 5.69 Å². The fourth-order valence-corrected chi connectivity index (χ4v) is 4.35. The highest BCUT2D eigenvalue weighted by Gasteiger charge is 2.25. The third-order valence-corrected chi connectivity index (χ3v) is 6.00. The molecule has 2 N–H and O–H groups in total. The van der Waals surface area contributed by atoms with Crippen molar-refractivity contribution < 1.29 is 19.7 Å². The van der Waals surface area contributed by atoms with E-state index < -0.39 is 0 Å². The topological polar surface area (TPSA) is 78.2 Å². The zero-order chi connectivity index (χ0) is 21.8. The Morgan fingerprint density at radius 3 is 2.26 bits per heavy atom. The number of hydrogen-bond acceptors (Lipinski definition) is 6. The summed E-state index contributed by atoms with van der Waals surface area (Å²) < 4.78 is 7.24. The zero-order valence-electron chi connectivity index (χ0n) is 18.1. The first-order valence-electron chi connectivity index (χ1n) is 11.1. The largest absolute Gasteiger partial charge is 0.494 e. The van der Waals surface area contributed by atoms with Crippen molar-refractivity contribution in [3.8, 4) is 17.5 Å². The summed E-state index contributed by atoms with van der Waals surface area (Å²) in [6.45, 7) is 6.28. The SMILES string of the molecule is CCCOc1ccccc1N1CCN(CC(=O)Cn2c(O)c3c(c2O)CC=CC3)CC1. The Hall–Kier alpha value is -2.93. The monoisotopic (exact) mass is 425 g/mol. The molecule has 1 aromatic heterocycles. The predicted octanol–water partition coefficient (Wildman–Crippen LogP) is 2.73. The van der Waals surface area contributed by atoms with E-state index in [-0.39, 0.29) is 24.1 Å². The fourth-order valence-electron chi connectivity index (χ4n) is 4.35. The van der Waals surface area contributed by atoms with Crippen LogP contribution in [0.5, 0.6) is 17.5 Å². The van der Waals surface area contributed by atoms with Crippen molar-refractivity contribution in [2.24, 2.45) is 0 Å². The molecule has 0 spiro atoms. The number of carbonyl (C=O) groups excluding carboxylic acids is 1. The summed E-state index contributed by atoms with van der Waals surface area (Å²) in [6.07, 6.45) is 6.08. The van der Waals surface area contributed by atoms with Crippen LogP contribution < -0.4 is 9.64 Å². The van der Waals surface area contributed by atoms with Crippen molar-refractivity contribution in [2.75, 3.05) is 44.2 Å². The molecule has 31 heavy (non-hydrogen) atoms. The van der Waals surface area contributed by atoms with Gasteiger partial charge in [-0.05, 0) is 31.4 Å². The molecule has 7 heteroatoms. The minimum absolute atomic E-state index is 0.0127. The summed E-state index contributed by atoms with van der Waals surface area (Å²) in [7, 11) is 0. The second-order valence-corrected chi connectivity index (χ2v) is 8.19. The number of ketones is 1. The van der Waals surface area contributed by atoms with Crippen molar-refractivity contribution >= 4 is 11.5 Å². The smallest absolute Gasteiger partial charge is 0.198 e. The van der Waals surface area contributed by atoms with Gasteiger partial charge in [0.25, 0.3) is 0 Å². The number of aromatic nitrogens is 1. The number of ether oxygens (including phenoxy) is 1. The first-order chi connectivity index (χ1) is 15.1. The highest BCUT2D eigenvalue weighted by Crippen LogP contribution is 2.36. The summed E-state index contributed by atoms with van der Waals surface area (Å²) >= 11 is 0. The number of benzene rings is 1. The average molecular weight is 426 g/mol. The molecule has 1 fully saturated rings. The number of hydrogen-bond donors (Lipinski definition) is 2. The molecule has 0 unspecified atom stereocenters. The first-order valence-corrected chi connectivity index (χ1v) is 11.1. The van der Waals surface area contributed by atoms with E-state index in [1.54, 1.807) is 0 Å². The van der Waals surface area contributed by atoms with Crippen LogP contribution in [-0.2, 0) is 24.2 Å². The van der Waals surface area contributed by atoms with Crippen LogP contribution in [0.2, 0.25) is 0 Å². The number of anilines is 1. The molecule has 0 amide bonds. The van der Waals surface area contributed by atoms with Gasteiger partial charge < -0.3 is 19.8 Å². The number of piperazine rings is 1. The first kappa shape index (κ1) is 21.3. The van der Waals surface area contributed by atoms with Gasteiger partial charge in [-0.25, -0.2) is 0 Å². The van der Waals surface area contributed by atoms with Gasteiger partial charge in [0.05, 0.1) is 25.4 Å². The number of para-hydroxylation sites is 2. The van der Waals surface area contributed by atoms with E-state index in [0.29, 0.717) is 26.0 Å². The van der Waals surface area contributed by atoms with Crippen LogP contribution in [0.15, 0.2) is 36.4 Å². The Balaban J connectivity index is 1.33.